The van der Waals surface area contributed by atoms with Crippen LogP contribution in [0.25, 0.3) is 0 Å². The number of fused-ring (bicyclic) bond motifs is 2. The third-order valence-electron chi connectivity index (χ3n) is 4.66. The minimum atomic E-state index is 0.0282. The van der Waals surface area contributed by atoms with E-state index in [1.165, 1.54) is 29.1 Å². The molecule has 0 aromatic heterocycles. The van der Waals surface area contributed by atoms with Crippen LogP contribution in [0.5, 0.6) is 0 Å². The van der Waals surface area contributed by atoms with Gasteiger partial charge in [-0.3, -0.25) is 15.1 Å². The van der Waals surface area contributed by atoms with Crippen LogP contribution in [0.15, 0.2) is 22.9 Å². The lowest BCUT2D eigenvalue weighted by Gasteiger charge is -2.37. The number of hydrogen-bond acceptors (Lipinski definition) is 3. The van der Waals surface area contributed by atoms with Gasteiger partial charge in [-0.1, -0.05) is 19.4 Å². The number of hydroxylamine groups is 2. The first-order valence-corrected chi connectivity index (χ1v) is 6.41. The van der Waals surface area contributed by atoms with E-state index in [4.69, 9.17) is 0 Å². The summed E-state index contributed by atoms with van der Waals surface area (Å²) in [5.41, 5.74) is 3.80. The van der Waals surface area contributed by atoms with Crippen molar-refractivity contribution in [3.05, 3.63) is 22.9 Å². The summed E-state index contributed by atoms with van der Waals surface area (Å²) in [6, 6.07) is 0.0282. The molecule has 0 bridgehead atoms. The minimum absolute atomic E-state index is 0.0282. The van der Waals surface area contributed by atoms with E-state index >= 15 is 0 Å². The van der Waals surface area contributed by atoms with Crippen LogP contribution in [-0.4, -0.2) is 22.6 Å². The number of nitrogens with zero attached hydrogens (tertiary/aromatic N) is 1. The van der Waals surface area contributed by atoms with Gasteiger partial charge in [0, 0.05) is 17.7 Å². The largest absolute Gasteiger partial charge is 0.298 e. The van der Waals surface area contributed by atoms with Crippen molar-refractivity contribution in [1.82, 2.24) is 5.06 Å². The molecule has 0 aromatic carbocycles. The van der Waals surface area contributed by atoms with Gasteiger partial charge in [-0.05, 0) is 36.7 Å². The lowest BCUT2D eigenvalue weighted by atomic mass is 9.72. The Kier molecular flexibility index (Phi) is 2.24. The lowest BCUT2D eigenvalue weighted by molar-refractivity contribution is -0.105. The summed E-state index contributed by atoms with van der Waals surface area (Å²) in [7, 11) is 0. The van der Waals surface area contributed by atoms with Crippen molar-refractivity contribution in [3.8, 4) is 0 Å². The minimum Gasteiger partial charge on any atom is -0.298 e. The first-order valence-electron chi connectivity index (χ1n) is 6.41. The molecule has 92 valence electrons. The number of allylic oxidation sites excluding steroid dienone is 1. The zero-order chi connectivity index (χ0) is 12.2. The Morgan fingerprint density at radius 2 is 2.29 bits per heavy atom. The summed E-state index contributed by atoms with van der Waals surface area (Å²) in [6.45, 7) is 4.52. The Balaban J connectivity index is 2.02. The predicted octanol–water partition coefficient (Wildman–Crippen LogP) is 2.67. The monoisotopic (exact) mass is 233 g/mol. The number of carbonyl (C=O) groups is 1. The summed E-state index contributed by atoms with van der Waals surface area (Å²) in [5.74, 6) is 0.194. The molecule has 0 amide bonds. The zero-order valence-electron chi connectivity index (χ0n) is 10.4. The summed E-state index contributed by atoms with van der Waals surface area (Å²) >= 11 is 0. The Morgan fingerprint density at radius 1 is 1.53 bits per heavy atom. The van der Waals surface area contributed by atoms with Gasteiger partial charge in [-0.15, -0.1) is 0 Å². The van der Waals surface area contributed by atoms with Gasteiger partial charge in [0.25, 0.3) is 0 Å². The van der Waals surface area contributed by atoms with Gasteiger partial charge in [0.2, 0.25) is 0 Å². The van der Waals surface area contributed by atoms with Crippen LogP contribution >= 0.6 is 0 Å². The van der Waals surface area contributed by atoms with Crippen LogP contribution in [0, 0.1) is 11.3 Å². The maximum Gasteiger partial charge on any atom is 0.147 e. The average Bonchev–Trinajstić information content (AvgIpc) is 2.77. The van der Waals surface area contributed by atoms with Gasteiger partial charge in [-0.25, -0.2) is 0 Å². The van der Waals surface area contributed by atoms with E-state index in [1.807, 2.05) is 0 Å². The van der Waals surface area contributed by atoms with Crippen molar-refractivity contribution < 1.29 is 10.0 Å². The molecule has 3 rings (SSSR count). The van der Waals surface area contributed by atoms with Crippen LogP contribution in [0.4, 0.5) is 0 Å². The van der Waals surface area contributed by atoms with Crippen molar-refractivity contribution in [2.75, 3.05) is 0 Å². The average molecular weight is 233 g/mol. The van der Waals surface area contributed by atoms with E-state index in [9.17, 15) is 10.0 Å². The third kappa shape index (κ3) is 1.41. The van der Waals surface area contributed by atoms with Crippen LogP contribution in [-0.2, 0) is 4.79 Å². The molecule has 0 saturated carbocycles. The number of aldehydes is 1. The molecule has 1 aliphatic heterocycles. The van der Waals surface area contributed by atoms with Gasteiger partial charge in [0.1, 0.15) is 6.29 Å². The Labute approximate surface area is 102 Å². The molecular weight excluding hydrogens is 214 g/mol. The summed E-state index contributed by atoms with van der Waals surface area (Å²) in [5, 5.41) is 11.3. The number of carbonyl (C=O) groups excluding carboxylic acids is 1. The molecule has 0 radical (unpaired) electrons. The van der Waals surface area contributed by atoms with E-state index in [2.05, 4.69) is 13.8 Å². The van der Waals surface area contributed by atoms with Crippen LogP contribution in [0.1, 0.15) is 39.5 Å². The van der Waals surface area contributed by atoms with Gasteiger partial charge >= 0.3 is 0 Å². The predicted molar refractivity (Wildman–Crippen MR) is 64.3 cm³/mol. The van der Waals surface area contributed by atoms with Crippen LogP contribution < -0.4 is 0 Å². The van der Waals surface area contributed by atoms with Crippen LogP contribution in [0.3, 0.4) is 0 Å². The molecule has 0 fully saturated rings. The normalized spacial score (nSPS) is 34.5. The number of rotatable bonds is 1. The fourth-order valence-corrected chi connectivity index (χ4v) is 3.95. The Bertz CT molecular complexity index is 434. The van der Waals surface area contributed by atoms with Crippen LogP contribution in [0.2, 0.25) is 0 Å². The standard InChI is InChI=1S/C14H19NO2/c1-14(2)5-3-4-9-6-11-10(8-16)7-15(17)13(11)12(9)14/h7-8,11,13,17H,3-6H2,1-2H3. The molecule has 3 aliphatic rings. The fraction of sp³-hybridized carbons (Fsp3) is 0.643. The maximum absolute atomic E-state index is 11.0. The quantitative estimate of drug-likeness (QED) is 0.559. The third-order valence-corrected chi connectivity index (χ3v) is 4.66. The highest BCUT2D eigenvalue weighted by Crippen LogP contribution is 2.54. The smallest absolute Gasteiger partial charge is 0.147 e. The molecule has 1 heterocycles. The molecule has 0 spiro atoms. The molecular formula is C14H19NO2. The highest BCUT2D eigenvalue weighted by molar-refractivity contribution is 5.76. The van der Waals surface area contributed by atoms with Gasteiger partial charge in [0.05, 0.1) is 6.04 Å². The Hall–Kier alpha value is -1.09. The fourth-order valence-electron chi connectivity index (χ4n) is 3.95. The second-order valence-electron chi connectivity index (χ2n) is 6.14. The number of hydrogen-bond donors (Lipinski definition) is 1. The van der Waals surface area contributed by atoms with E-state index in [0.717, 1.165) is 24.7 Å². The molecule has 0 saturated heterocycles. The van der Waals surface area contributed by atoms with Crippen molar-refractivity contribution >= 4 is 6.29 Å². The highest BCUT2D eigenvalue weighted by Gasteiger charge is 2.49. The Morgan fingerprint density at radius 3 is 3.00 bits per heavy atom. The maximum atomic E-state index is 11.0. The van der Waals surface area contributed by atoms with Gasteiger partial charge in [0.15, 0.2) is 0 Å². The molecule has 2 atom stereocenters. The van der Waals surface area contributed by atoms with E-state index in [1.54, 1.807) is 6.20 Å². The zero-order valence-corrected chi connectivity index (χ0v) is 10.4. The van der Waals surface area contributed by atoms with E-state index in [-0.39, 0.29) is 17.4 Å². The molecule has 2 aliphatic carbocycles. The van der Waals surface area contributed by atoms with E-state index in [0.29, 0.717) is 0 Å². The second-order valence-corrected chi connectivity index (χ2v) is 6.14. The van der Waals surface area contributed by atoms with Crippen molar-refractivity contribution in [2.24, 2.45) is 11.3 Å². The van der Waals surface area contributed by atoms with Crippen molar-refractivity contribution in [3.63, 3.8) is 0 Å². The van der Waals surface area contributed by atoms with Gasteiger partial charge in [-0.2, -0.15) is 0 Å². The first kappa shape index (κ1) is 11.0. The topological polar surface area (TPSA) is 40.5 Å². The van der Waals surface area contributed by atoms with Crippen molar-refractivity contribution in [1.29, 1.82) is 0 Å². The van der Waals surface area contributed by atoms with Crippen molar-refractivity contribution in [2.45, 2.75) is 45.6 Å². The molecule has 17 heavy (non-hydrogen) atoms. The van der Waals surface area contributed by atoms with E-state index < -0.39 is 0 Å². The lowest BCUT2D eigenvalue weighted by Crippen LogP contribution is -2.35. The summed E-state index contributed by atoms with van der Waals surface area (Å²) < 4.78 is 0. The highest BCUT2D eigenvalue weighted by atomic mass is 16.5. The molecule has 3 heteroatoms. The molecule has 1 N–H and O–H groups in total. The second kappa shape index (κ2) is 3.45. The summed E-state index contributed by atoms with van der Waals surface area (Å²) in [6.07, 6.45) is 7.03. The molecule has 3 nitrogen and oxygen atoms in total. The molecule has 0 aromatic rings. The molecule has 2 unspecified atom stereocenters. The first-order chi connectivity index (χ1) is 8.04. The summed E-state index contributed by atoms with van der Waals surface area (Å²) in [4.78, 5) is 11.0. The van der Waals surface area contributed by atoms with Gasteiger partial charge < -0.3 is 0 Å². The SMILES string of the molecule is CC1(C)CCCC2=C1C1C(C2)C(C=O)=CN1O.